The van der Waals surface area contributed by atoms with Crippen LogP contribution in [0.25, 0.3) is 11.4 Å². The number of hydrogen-bond acceptors (Lipinski definition) is 5. The molecule has 1 heterocycles. The van der Waals surface area contributed by atoms with E-state index < -0.39 is 6.10 Å². The first-order chi connectivity index (χ1) is 11.7. The molecule has 0 spiro atoms. The number of nitrogens with zero attached hydrogens (tertiary/aromatic N) is 3. The number of aromatic nitrogens is 2. The molecule has 0 radical (unpaired) electrons. The minimum Gasteiger partial charge on any atom is -0.387 e. The summed E-state index contributed by atoms with van der Waals surface area (Å²) >= 11 is 1.37. The number of hydrogen-bond donors (Lipinski definition) is 1. The van der Waals surface area contributed by atoms with Gasteiger partial charge >= 0.3 is 0 Å². The van der Waals surface area contributed by atoms with Crippen LogP contribution in [-0.4, -0.2) is 27.6 Å². The van der Waals surface area contributed by atoms with Gasteiger partial charge in [-0.1, -0.05) is 60.2 Å². The van der Waals surface area contributed by atoms with Crippen LogP contribution in [0.1, 0.15) is 24.2 Å². The molecule has 1 unspecified atom stereocenters. The Morgan fingerprint density at radius 3 is 2.46 bits per heavy atom. The predicted molar refractivity (Wildman–Crippen MR) is 99.4 cm³/mol. The topological polar surface area (TPSA) is 49.2 Å². The second-order valence-electron chi connectivity index (χ2n) is 5.73. The molecule has 0 amide bonds. The van der Waals surface area contributed by atoms with Gasteiger partial charge in [-0.3, -0.25) is 0 Å². The average Bonchev–Trinajstić information content (AvgIpc) is 3.11. The molecule has 1 atom stereocenters. The van der Waals surface area contributed by atoms with Gasteiger partial charge in [-0.15, -0.1) is 0 Å². The van der Waals surface area contributed by atoms with E-state index in [0.29, 0.717) is 6.54 Å². The van der Waals surface area contributed by atoms with Crippen LogP contribution < -0.4 is 4.90 Å². The normalized spacial score (nSPS) is 12.1. The Labute approximate surface area is 146 Å². The van der Waals surface area contributed by atoms with E-state index in [1.165, 1.54) is 17.1 Å². The zero-order valence-electron chi connectivity index (χ0n) is 13.9. The molecular weight excluding hydrogens is 318 g/mol. The van der Waals surface area contributed by atoms with Crippen LogP contribution in [0.5, 0.6) is 0 Å². The van der Waals surface area contributed by atoms with Crippen molar-refractivity contribution in [2.45, 2.75) is 20.0 Å². The Balaban J connectivity index is 1.74. The maximum absolute atomic E-state index is 10.5. The highest BCUT2D eigenvalue weighted by Gasteiger charge is 2.17. The fraction of sp³-hybridized carbons (Fsp3) is 0.263. The molecule has 0 aliphatic rings. The van der Waals surface area contributed by atoms with E-state index in [1.807, 2.05) is 61.5 Å². The molecule has 0 aliphatic carbocycles. The minimum absolute atomic E-state index is 0.503. The standard InChI is InChI=1S/C19H21N3OS/c1-3-22(13-17(23)15-11-9-14(2)10-12-15)19-20-18(21-24-19)16-7-5-4-6-8-16/h4-12,17,23H,3,13H2,1-2H3. The van der Waals surface area contributed by atoms with Crippen LogP contribution in [-0.2, 0) is 0 Å². The molecule has 24 heavy (non-hydrogen) atoms. The van der Waals surface area contributed by atoms with Crippen LogP contribution in [0, 0.1) is 6.92 Å². The third kappa shape index (κ3) is 3.80. The Morgan fingerprint density at radius 2 is 1.79 bits per heavy atom. The first kappa shape index (κ1) is 16.6. The van der Waals surface area contributed by atoms with Gasteiger partial charge in [0.15, 0.2) is 5.82 Å². The number of rotatable bonds is 6. The lowest BCUT2D eigenvalue weighted by Crippen LogP contribution is -2.28. The average molecular weight is 339 g/mol. The molecule has 1 aromatic heterocycles. The van der Waals surface area contributed by atoms with Crippen LogP contribution in [0.2, 0.25) is 0 Å². The summed E-state index contributed by atoms with van der Waals surface area (Å²) in [6.45, 7) is 5.38. The molecule has 3 rings (SSSR count). The summed E-state index contributed by atoms with van der Waals surface area (Å²) in [6, 6.07) is 17.9. The summed E-state index contributed by atoms with van der Waals surface area (Å²) in [6.07, 6.45) is -0.547. The van der Waals surface area contributed by atoms with Gasteiger partial charge in [-0.05, 0) is 19.4 Å². The van der Waals surface area contributed by atoms with Crippen molar-refractivity contribution in [2.24, 2.45) is 0 Å². The quantitative estimate of drug-likeness (QED) is 0.735. The first-order valence-electron chi connectivity index (χ1n) is 8.06. The number of likely N-dealkylation sites (N-methyl/N-ethyl adjacent to an activating group) is 1. The van der Waals surface area contributed by atoms with Crippen LogP contribution >= 0.6 is 11.5 Å². The fourth-order valence-corrected chi connectivity index (χ4v) is 3.25. The molecule has 0 saturated heterocycles. The molecule has 0 aliphatic heterocycles. The number of aryl methyl sites for hydroxylation is 1. The lowest BCUT2D eigenvalue weighted by molar-refractivity contribution is 0.183. The second kappa shape index (κ2) is 7.55. The largest absolute Gasteiger partial charge is 0.387 e. The number of anilines is 1. The highest BCUT2D eigenvalue weighted by molar-refractivity contribution is 7.09. The van der Waals surface area contributed by atoms with Gasteiger partial charge in [0.25, 0.3) is 0 Å². The third-order valence-electron chi connectivity index (χ3n) is 3.95. The van der Waals surface area contributed by atoms with E-state index in [1.54, 1.807) is 0 Å². The highest BCUT2D eigenvalue weighted by Crippen LogP contribution is 2.25. The molecule has 4 nitrogen and oxygen atoms in total. The Bertz CT molecular complexity index is 771. The van der Waals surface area contributed by atoms with Crippen LogP contribution in [0.4, 0.5) is 5.13 Å². The molecule has 5 heteroatoms. The molecule has 1 N–H and O–H groups in total. The van der Waals surface area contributed by atoms with Gasteiger partial charge < -0.3 is 10.0 Å². The van der Waals surface area contributed by atoms with E-state index in [2.05, 4.69) is 21.2 Å². The van der Waals surface area contributed by atoms with E-state index in [0.717, 1.165) is 28.6 Å². The van der Waals surface area contributed by atoms with Gasteiger partial charge in [0, 0.05) is 23.6 Å². The van der Waals surface area contributed by atoms with Crippen molar-refractivity contribution in [1.82, 2.24) is 9.36 Å². The summed E-state index contributed by atoms with van der Waals surface area (Å²) < 4.78 is 4.45. The molecule has 2 aromatic carbocycles. The lowest BCUT2D eigenvalue weighted by Gasteiger charge is -2.23. The lowest BCUT2D eigenvalue weighted by atomic mass is 10.1. The number of aliphatic hydroxyl groups is 1. The zero-order chi connectivity index (χ0) is 16.9. The zero-order valence-corrected chi connectivity index (χ0v) is 14.7. The van der Waals surface area contributed by atoms with Gasteiger partial charge in [0.2, 0.25) is 5.13 Å². The Morgan fingerprint density at radius 1 is 1.08 bits per heavy atom. The summed E-state index contributed by atoms with van der Waals surface area (Å²) in [5.74, 6) is 0.735. The highest BCUT2D eigenvalue weighted by atomic mass is 32.1. The summed E-state index contributed by atoms with van der Waals surface area (Å²) in [5.41, 5.74) is 3.12. The van der Waals surface area contributed by atoms with Crippen LogP contribution in [0.3, 0.4) is 0 Å². The molecule has 0 saturated carbocycles. The number of benzene rings is 2. The SMILES string of the molecule is CCN(CC(O)c1ccc(C)cc1)c1nc(-c2ccccc2)ns1. The van der Waals surface area contributed by atoms with Crippen molar-refractivity contribution >= 4 is 16.7 Å². The predicted octanol–water partition coefficient (Wildman–Crippen LogP) is 4.07. The minimum atomic E-state index is -0.547. The number of aliphatic hydroxyl groups excluding tert-OH is 1. The molecule has 0 fully saturated rings. The maximum atomic E-state index is 10.5. The van der Waals surface area contributed by atoms with E-state index in [9.17, 15) is 5.11 Å². The Kier molecular flexibility index (Phi) is 5.23. The molecule has 124 valence electrons. The van der Waals surface area contributed by atoms with Crippen molar-refractivity contribution in [3.63, 3.8) is 0 Å². The summed E-state index contributed by atoms with van der Waals surface area (Å²) in [7, 11) is 0. The smallest absolute Gasteiger partial charge is 0.205 e. The summed E-state index contributed by atoms with van der Waals surface area (Å²) in [5, 5.41) is 11.3. The van der Waals surface area contributed by atoms with Gasteiger partial charge in [0.05, 0.1) is 12.6 Å². The molecule has 3 aromatic rings. The van der Waals surface area contributed by atoms with E-state index >= 15 is 0 Å². The third-order valence-corrected chi connectivity index (χ3v) is 4.73. The fourth-order valence-electron chi connectivity index (χ4n) is 2.49. The van der Waals surface area contributed by atoms with Crippen molar-refractivity contribution in [1.29, 1.82) is 0 Å². The monoisotopic (exact) mass is 339 g/mol. The molecular formula is C19H21N3OS. The Hall–Kier alpha value is -2.24. The van der Waals surface area contributed by atoms with Crippen molar-refractivity contribution in [3.05, 3.63) is 65.7 Å². The summed E-state index contributed by atoms with van der Waals surface area (Å²) in [4.78, 5) is 6.70. The van der Waals surface area contributed by atoms with Crippen molar-refractivity contribution in [3.8, 4) is 11.4 Å². The van der Waals surface area contributed by atoms with Crippen molar-refractivity contribution in [2.75, 3.05) is 18.0 Å². The van der Waals surface area contributed by atoms with Gasteiger partial charge in [-0.2, -0.15) is 9.36 Å². The first-order valence-corrected chi connectivity index (χ1v) is 8.83. The van der Waals surface area contributed by atoms with Crippen molar-refractivity contribution < 1.29 is 5.11 Å². The second-order valence-corrected chi connectivity index (χ2v) is 6.46. The van der Waals surface area contributed by atoms with Gasteiger partial charge in [0.1, 0.15) is 0 Å². The van der Waals surface area contributed by atoms with E-state index in [-0.39, 0.29) is 0 Å². The van der Waals surface area contributed by atoms with Crippen LogP contribution in [0.15, 0.2) is 54.6 Å². The molecule has 0 bridgehead atoms. The maximum Gasteiger partial charge on any atom is 0.205 e. The van der Waals surface area contributed by atoms with E-state index in [4.69, 9.17) is 0 Å². The van der Waals surface area contributed by atoms with Gasteiger partial charge in [-0.25, -0.2) is 0 Å².